The average Bonchev–Trinajstić information content (AvgIpc) is 3.18. The van der Waals surface area contributed by atoms with E-state index in [2.05, 4.69) is 9.98 Å². The molecule has 0 saturated carbocycles. The molecule has 0 unspecified atom stereocenters. The molecule has 2 fully saturated rings. The van der Waals surface area contributed by atoms with Crippen molar-refractivity contribution < 1.29 is 28.5 Å². The number of esters is 1. The fraction of sp³-hybridized carbons (Fsp3) is 0.625. The summed E-state index contributed by atoms with van der Waals surface area (Å²) in [6, 6.07) is 0. The molecular formula is C16H21N3O6S. The Balaban J connectivity index is 1.79. The van der Waals surface area contributed by atoms with Crippen LogP contribution >= 0.6 is 11.3 Å². The van der Waals surface area contributed by atoms with Crippen molar-refractivity contribution in [2.45, 2.75) is 51.2 Å². The molecule has 2 aliphatic rings. The Hall–Kier alpha value is -1.88. The Bertz CT molecular complexity index is 731. The van der Waals surface area contributed by atoms with Gasteiger partial charge in [-0.05, 0) is 13.8 Å². The van der Waals surface area contributed by atoms with E-state index >= 15 is 0 Å². The van der Waals surface area contributed by atoms with Gasteiger partial charge < -0.3 is 23.8 Å². The van der Waals surface area contributed by atoms with Crippen molar-refractivity contribution in [1.29, 1.82) is 0 Å². The fourth-order valence-electron chi connectivity index (χ4n) is 2.75. The van der Waals surface area contributed by atoms with Crippen LogP contribution in [0, 0.1) is 0 Å². The van der Waals surface area contributed by atoms with Crippen molar-refractivity contribution in [3.8, 4) is 0 Å². The highest BCUT2D eigenvalue weighted by molar-refractivity contribution is 7.17. The van der Waals surface area contributed by atoms with Crippen LogP contribution in [0.15, 0.2) is 11.2 Å². The number of nitrogens with zero attached hydrogens (tertiary/aromatic N) is 3. The fourth-order valence-corrected chi connectivity index (χ4v) is 3.48. The summed E-state index contributed by atoms with van der Waals surface area (Å²) in [6.45, 7) is 4.74. The quantitative estimate of drug-likeness (QED) is 0.325. The molecule has 0 amide bonds. The molecule has 2 saturated heterocycles. The Morgan fingerprint density at radius 1 is 1.38 bits per heavy atom. The Kier molecular flexibility index (Phi) is 5.11. The highest BCUT2D eigenvalue weighted by atomic mass is 32.1. The molecular weight excluding hydrogens is 362 g/mol. The third-order valence-corrected chi connectivity index (χ3v) is 4.61. The van der Waals surface area contributed by atoms with Gasteiger partial charge in [0.1, 0.15) is 0 Å². The second-order valence-corrected chi connectivity index (χ2v) is 7.69. The van der Waals surface area contributed by atoms with E-state index in [0.717, 1.165) is 11.3 Å². The van der Waals surface area contributed by atoms with Gasteiger partial charge in [0, 0.05) is 21.0 Å². The summed E-state index contributed by atoms with van der Waals surface area (Å²) in [5.41, 5.74) is 0. The molecule has 10 heteroatoms. The van der Waals surface area contributed by atoms with E-state index in [0.29, 0.717) is 10.0 Å². The first-order chi connectivity index (χ1) is 12.2. The normalized spacial score (nSPS) is 29.7. The summed E-state index contributed by atoms with van der Waals surface area (Å²) in [5.74, 6) is -1.74. The SMILES string of the molecule is CC(=O)O[C@@H]1[C@H]2OC(C)(C)O[C@H]2O[C@@H]1C(=O)c1cnc(/N=C/N(C)C)s1. The summed E-state index contributed by atoms with van der Waals surface area (Å²) in [4.78, 5) is 34.7. The van der Waals surface area contributed by atoms with Gasteiger partial charge in [0.25, 0.3) is 0 Å². The molecule has 0 aliphatic carbocycles. The standard InChI is InChI=1S/C16H21N3O6S/c1-8(20)22-12-11(23-14-13(12)24-16(2,3)25-14)10(21)9-6-17-15(26-9)18-7-19(4)5/h6-7,11-14H,1-5H3/b18-7+/t11-,12+,13-,14-/m1/s1. The van der Waals surface area contributed by atoms with Crippen LogP contribution in [0.1, 0.15) is 30.4 Å². The van der Waals surface area contributed by atoms with E-state index in [9.17, 15) is 9.59 Å². The maximum Gasteiger partial charge on any atom is 0.303 e. The smallest absolute Gasteiger partial charge is 0.303 e. The lowest BCUT2D eigenvalue weighted by molar-refractivity contribution is -0.212. The van der Waals surface area contributed by atoms with Crippen molar-refractivity contribution in [3.05, 3.63) is 11.1 Å². The van der Waals surface area contributed by atoms with Crippen molar-refractivity contribution in [3.63, 3.8) is 0 Å². The molecule has 142 valence electrons. The predicted molar refractivity (Wildman–Crippen MR) is 92.5 cm³/mol. The van der Waals surface area contributed by atoms with Gasteiger partial charge in [0.15, 0.2) is 30.4 Å². The van der Waals surface area contributed by atoms with Gasteiger partial charge >= 0.3 is 5.97 Å². The van der Waals surface area contributed by atoms with E-state index < -0.39 is 36.4 Å². The minimum absolute atomic E-state index is 0.348. The number of fused-ring (bicyclic) bond motifs is 1. The number of Topliss-reactive ketones (excluding diaryl/α,β-unsaturated/α-hetero) is 1. The Morgan fingerprint density at radius 2 is 2.12 bits per heavy atom. The van der Waals surface area contributed by atoms with E-state index in [1.54, 1.807) is 25.1 Å². The van der Waals surface area contributed by atoms with Gasteiger partial charge in [-0.2, -0.15) is 0 Å². The number of carbonyl (C=O) groups excluding carboxylic acids is 2. The van der Waals surface area contributed by atoms with Crippen LogP contribution in [0.5, 0.6) is 0 Å². The van der Waals surface area contributed by atoms with Gasteiger partial charge in [-0.15, -0.1) is 0 Å². The first-order valence-corrected chi connectivity index (χ1v) is 8.87. The van der Waals surface area contributed by atoms with Crippen LogP contribution in [0.3, 0.4) is 0 Å². The molecule has 3 heterocycles. The number of aromatic nitrogens is 1. The molecule has 3 rings (SSSR count). The number of hydrogen-bond acceptors (Lipinski definition) is 9. The van der Waals surface area contributed by atoms with Crippen LogP contribution in [-0.2, 0) is 23.7 Å². The highest BCUT2D eigenvalue weighted by Gasteiger charge is 2.58. The first-order valence-electron chi connectivity index (χ1n) is 8.05. The number of ether oxygens (including phenoxy) is 4. The average molecular weight is 383 g/mol. The van der Waals surface area contributed by atoms with Gasteiger partial charge in [-0.3, -0.25) is 9.59 Å². The molecule has 0 radical (unpaired) electrons. The zero-order valence-electron chi connectivity index (χ0n) is 15.2. The van der Waals surface area contributed by atoms with Crippen LogP contribution in [0.4, 0.5) is 5.13 Å². The third kappa shape index (κ3) is 3.93. The van der Waals surface area contributed by atoms with Crippen LogP contribution in [0.2, 0.25) is 0 Å². The maximum absolute atomic E-state index is 12.9. The number of ketones is 1. The summed E-state index contributed by atoms with van der Waals surface area (Å²) in [7, 11) is 3.67. The van der Waals surface area contributed by atoms with Crippen molar-refractivity contribution in [2.75, 3.05) is 14.1 Å². The minimum atomic E-state index is -1.02. The maximum atomic E-state index is 12.9. The molecule has 1 aromatic heterocycles. The van der Waals surface area contributed by atoms with Gasteiger partial charge in [-0.1, -0.05) is 11.3 Å². The minimum Gasteiger partial charge on any atom is -0.456 e. The number of aliphatic imine (C=N–C) groups is 1. The van der Waals surface area contributed by atoms with Gasteiger partial charge in [0.05, 0.1) is 17.4 Å². The summed E-state index contributed by atoms with van der Waals surface area (Å²) in [5, 5.41) is 0.443. The molecule has 1 aromatic rings. The van der Waals surface area contributed by atoms with Crippen molar-refractivity contribution in [2.24, 2.45) is 4.99 Å². The zero-order valence-corrected chi connectivity index (χ0v) is 16.0. The summed E-state index contributed by atoms with van der Waals surface area (Å²) >= 11 is 1.13. The molecule has 9 nitrogen and oxygen atoms in total. The molecule has 0 spiro atoms. The number of carbonyl (C=O) groups is 2. The van der Waals surface area contributed by atoms with E-state index in [1.165, 1.54) is 13.1 Å². The molecule has 4 atom stereocenters. The number of rotatable bonds is 5. The molecule has 26 heavy (non-hydrogen) atoms. The van der Waals surface area contributed by atoms with Crippen LogP contribution in [-0.4, -0.2) is 72.5 Å². The molecule has 0 bridgehead atoms. The third-order valence-electron chi connectivity index (χ3n) is 3.69. The van der Waals surface area contributed by atoms with Crippen molar-refractivity contribution >= 4 is 34.6 Å². The van der Waals surface area contributed by atoms with Crippen LogP contribution in [0.25, 0.3) is 0 Å². The zero-order chi connectivity index (χ0) is 19.1. The second-order valence-electron chi connectivity index (χ2n) is 6.68. The Labute approximate surface area is 154 Å². The largest absolute Gasteiger partial charge is 0.456 e. The highest BCUT2D eigenvalue weighted by Crippen LogP contribution is 2.40. The second kappa shape index (κ2) is 7.03. The first kappa shape index (κ1) is 18.9. The van der Waals surface area contributed by atoms with Gasteiger partial charge in [0.2, 0.25) is 10.9 Å². The number of thiazole rings is 1. The summed E-state index contributed by atoms with van der Waals surface area (Å²) in [6.07, 6.45) is -0.318. The molecule has 0 aromatic carbocycles. The number of hydrogen-bond donors (Lipinski definition) is 0. The molecule has 2 aliphatic heterocycles. The van der Waals surface area contributed by atoms with E-state index in [4.69, 9.17) is 18.9 Å². The van der Waals surface area contributed by atoms with Gasteiger partial charge in [-0.25, -0.2) is 9.98 Å². The lowest BCUT2D eigenvalue weighted by Crippen LogP contribution is -2.41. The lowest BCUT2D eigenvalue weighted by atomic mass is 10.1. The van der Waals surface area contributed by atoms with Crippen LogP contribution < -0.4 is 0 Å². The summed E-state index contributed by atoms with van der Waals surface area (Å²) < 4.78 is 22.4. The lowest BCUT2D eigenvalue weighted by Gasteiger charge is -2.24. The van der Waals surface area contributed by atoms with E-state index in [-0.39, 0.29) is 5.78 Å². The topological polar surface area (TPSA) is 99.5 Å². The van der Waals surface area contributed by atoms with Crippen molar-refractivity contribution in [1.82, 2.24) is 9.88 Å². The molecule has 0 N–H and O–H groups in total. The predicted octanol–water partition coefficient (Wildman–Crippen LogP) is 1.36. The monoisotopic (exact) mass is 383 g/mol. The van der Waals surface area contributed by atoms with E-state index in [1.807, 2.05) is 14.1 Å². The Morgan fingerprint density at radius 3 is 2.77 bits per heavy atom.